The van der Waals surface area contributed by atoms with Gasteiger partial charge in [0.15, 0.2) is 0 Å². The maximum absolute atomic E-state index is 13.5. The number of hydrogen-bond donors (Lipinski definition) is 1. The Balaban J connectivity index is 2.35. The van der Waals surface area contributed by atoms with Gasteiger partial charge in [-0.1, -0.05) is 50.2 Å². The Morgan fingerprint density at radius 1 is 1.06 bits per heavy atom. The molecule has 0 saturated carbocycles. The highest BCUT2D eigenvalue weighted by atomic mass is 32.2. The summed E-state index contributed by atoms with van der Waals surface area (Å²) in [6.45, 7) is 4.18. The van der Waals surface area contributed by atoms with Crippen LogP contribution in [0, 0.1) is 0 Å². The molecule has 0 aliphatic heterocycles. The van der Waals surface area contributed by atoms with Gasteiger partial charge in [-0.25, -0.2) is 8.42 Å². The van der Waals surface area contributed by atoms with Crippen LogP contribution >= 0.6 is 0 Å². The molecule has 0 radical (unpaired) electrons. The first-order chi connectivity index (χ1) is 16.2. The molecule has 2 amide bonds. The van der Waals surface area contributed by atoms with Crippen LogP contribution in [0.5, 0.6) is 5.75 Å². The summed E-state index contributed by atoms with van der Waals surface area (Å²) in [5, 5.41) is 2.87. The van der Waals surface area contributed by atoms with Crippen LogP contribution in [-0.4, -0.2) is 64.2 Å². The van der Waals surface area contributed by atoms with E-state index in [1.807, 2.05) is 44.2 Å². The van der Waals surface area contributed by atoms with Gasteiger partial charge in [-0.15, -0.1) is 0 Å². The van der Waals surface area contributed by atoms with E-state index in [1.54, 1.807) is 24.3 Å². The third-order valence-electron chi connectivity index (χ3n) is 5.44. The number of carbonyl (C=O) groups is 2. The van der Waals surface area contributed by atoms with E-state index in [1.165, 1.54) is 12.0 Å². The van der Waals surface area contributed by atoms with Crippen LogP contribution in [0.1, 0.15) is 32.3 Å². The van der Waals surface area contributed by atoms with E-state index in [-0.39, 0.29) is 12.5 Å². The van der Waals surface area contributed by atoms with Crippen molar-refractivity contribution in [2.75, 3.05) is 37.3 Å². The fourth-order valence-corrected chi connectivity index (χ4v) is 4.48. The number of sulfonamides is 1. The summed E-state index contributed by atoms with van der Waals surface area (Å²) < 4.78 is 31.5. The highest BCUT2D eigenvalue weighted by molar-refractivity contribution is 7.92. The zero-order valence-electron chi connectivity index (χ0n) is 20.4. The minimum atomic E-state index is -3.78. The van der Waals surface area contributed by atoms with E-state index in [4.69, 9.17) is 4.74 Å². The largest absolute Gasteiger partial charge is 0.497 e. The average Bonchev–Trinajstić information content (AvgIpc) is 2.83. The van der Waals surface area contributed by atoms with Gasteiger partial charge in [-0.05, 0) is 37.0 Å². The first-order valence-corrected chi connectivity index (χ1v) is 13.3. The number of ether oxygens (including phenoxy) is 1. The molecule has 0 aliphatic carbocycles. The highest BCUT2D eigenvalue weighted by Gasteiger charge is 2.31. The predicted molar refractivity (Wildman–Crippen MR) is 134 cm³/mol. The number of carbonyl (C=O) groups excluding carboxylic acids is 2. The van der Waals surface area contributed by atoms with Gasteiger partial charge in [0.1, 0.15) is 18.3 Å². The minimum Gasteiger partial charge on any atom is -0.497 e. The number of rotatable bonds is 13. The van der Waals surface area contributed by atoms with Crippen LogP contribution in [0.3, 0.4) is 0 Å². The Morgan fingerprint density at radius 2 is 1.76 bits per heavy atom. The van der Waals surface area contributed by atoms with E-state index in [0.29, 0.717) is 30.8 Å². The Kier molecular flexibility index (Phi) is 10.4. The molecule has 0 aromatic heterocycles. The summed E-state index contributed by atoms with van der Waals surface area (Å²) in [4.78, 5) is 27.9. The van der Waals surface area contributed by atoms with Crippen LogP contribution < -0.4 is 14.4 Å². The SMILES string of the molecule is CCCNC(=O)[C@H](CC)N(CCc1ccccc1)C(=O)CN(c1cccc(OC)c1)S(C)(=O)=O. The molecule has 0 spiro atoms. The van der Waals surface area contributed by atoms with Crippen molar-refractivity contribution >= 4 is 27.5 Å². The molecule has 2 aromatic carbocycles. The van der Waals surface area contributed by atoms with Crippen molar-refractivity contribution in [3.8, 4) is 5.75 Å². The van der Waals surface area contributed by atoms with E-state index in [2.05, 4.69) is 5.32 Å². The van der Waals surface area contributed by atoms with Crippen molar-refractivity contribution < 1.29 is 22.7 Å². The zero-order chi connectivity index (χ0) is 25.1. The van der Waals surface area contributed by atoms with Crippen molar-refractivity contribution in [3.63, 3.8) is 0 Å². The lowest BCUT2D eigenvalue weighted by Crippen LogP contribution is -2.53. The molecule has 0 aliphatic rings. The highest BCUT2D eigenvalue weighted by Crippen LogP contribution is 2.23. The fourth-order valence-electron chi connectivity index (χ4n) is 3.64. The molecule has 2 rings (SSSR count). The van der Waals surface area contributed by atoms with E-state index >= 15 is 0 Å². The number of amides is 2. The minimum absolute atomic E-state index is 0.238. The molecule has 8 nitrogen and oxygen atoms in total. The molecule has 0 unspecified atom stereocenters. The van der Waals surface area contributed by atoms with Gasteiger partial charge in [0.2, 0.25) is 21.8 Å². The topological polar surface area (TPSA) is 96.0 Å². The van der Waals surface area contributed by atoms with Crippen molar-refractivity contribution in [2.45, 2.75) is 39.2 Å². The number of methoxy groups -OCH3 is 1. The smallest absolute Gasteiger partial charge is 0.244 e. The van der Waals surface area contributed by atoms with Gasteiger partial charge >= 0.3 is 0 Å². The lowest BCUT2D eigenvalue weighted by Gasteiger charge is -2.33. The van der Waals surface area contributed by atoms with Crippen LogP contribution in [-0.2, 0) is 26.0 Å². The van der Waals surface area contributed by atoms with Gasteiger partial charge < -0.3 is 15.0 Å². The second kappa shape index (κ2) is 13.0. The summed E-state index contributed by atoms with van der Waals surface area (Å²) in [6.07, 6.45) is 2.79. The van der Waals surface area contributed by atoms with Crippen LogP contribution in [0.15, 0.2) is 54.6 Å². The quantitative estimate of drug-likeness (QED) is 0.467. The van der Waals surface area contributed by atoms with Crippen molar-refractivity contribution in [1.82, 2.24) is 10.2 Å². The van der Waals surface area contributed by atoms with Gasteiger partial charge in [-0.2, -0.15) is 0 Å². The monoisotopic (exact) mass is 489 g/mol. The van der Waals surface area contributed by atoms with Crippen LogP contribution in [0.2, 0.25) is 0 Å². The van der Waals surface area contributed by atoms with E-state index in [0.717, 1.165) is 22.5 Å². The van der Waals surface area contributed by atoms with Crippen LogP contribution in [0.25, 0.3) is 0 Å². The van der Waals surface area contributed by atoms with Crippen molar-refractivity contribution in [3.05, 3.63) is 60.2 Å². The second-order valence-electron chi connectivity index (χ2n) is 8.01. The third kappa shape index (κ3) is 7.76. The number of benzene rings is 2. The molecule has 0 saturated heterocycles. The van der Waals surface area contributed by atoms with Crippen molar-refractivity contribution in [2.24, 2.45) is 0 Å². The van der Waals surface area contributed by atoms with Gasteiger partial charge in [0, 0.05) is 19.2 Å². The Morgan fingerprint density at radius 3 is 2.35 bits per heavy atom. The van der Waals surface area contributed by atoms with Gasteiger partial charge in [0.25, 0.3) is 0 Å². The summed E-state index contributed by atoms with van der Waals surface area (Å²) in [5.74, 6) is -0.203. The lowest BCUT2D eigenvalue weighted by atomic mass is 10.1. The lowest BCUT2D eigenvalue weighted by molar-refractivity contribution is -0.139. The maximum atomic E-state index is 13.5. The third-order valence-corrected chi connectivity index (χ3v) is 6.58. The Hall–Kier alpha value is -3.07. The summed E-state index contributed by atoms with van der Waals surface area (Å²) in [6, 6.07) is 15.5. The first kappa shape index (κ1) is 27.2. The molecule has 0 heterocycles. The molecule has 34 heavy (non-hydrogen) atoms. The van der Waals surface area contributed by atoms with E-state index in [9.17, 15) is 18.0 Å². The Labute approximate surface area is 202 Å². The summed E-state index contributed by atoms with van der Waals surface area (Å²) in [7, 11) is -2.29. The van der Waals surface area contributed by atoms with Gasteiger partial charge in [0.05, 0.1) is 19.1 Å². The Bertz CT molecular complexity index is 1040. The number of hydrogen-bond acceptors (Lipinski definition) is 5. The predicted octanol–water partition coefficient (Wildman–Crippen LogP) is 2.84. The average molecular weight is 490 g/mol. The molecule has 0 fully saturated rings. The molecule has 1 N–H and O–H groups in total. The molecular weight excluding hydrogens is 454 g/mol. The molecule has 1 atom stereocenters. The molecule has 2 aromatic rings. The molecule has 0 bridgehead atoms. The maximum Gasteiger partial charge on any atom is 0.244 e. The van der Waals surface area contributed by atoms with Crippen molar-refractivity contribution in [1.29, 1.82) is 0 Å². The molecular formula is C25H35N3O5S. The van der Waals surface area contributed by atoms with Crippen LogP contribution in [0.4, 0.5) is 5.69 Å². The summed E-state index contributed by atoms with van der Waals surface area (Å²) >= 11 is 0. The standard InChI is InChI=1S/C25H35N3O5S/c1-5-16-26-25(30)23(6-2)27(17-15-20-11-8-7-9-12-20)24(29)19-28(34(4,31)32)21-13-10-14-22(18-21)33-3/h7-14,18,23H,5-6,15-17,19H2,1-4H3,(H,26,30)/t23-/m0/s1. The summed E-state index contributed by atoms with van der Waals surface area (Å²) in [5.41, 5.74) is 1.35. The number of anilines is 1. The number of nitrogens with zero attached hydrogens (tertiary/aromatic N) is 2. The van der Waals surface area contributed by atoms with E-state index < -0.39 is 28.5 Å². The first-order valence-electron chi connectivity index (χ1n) is 11.4. The molecule has 186 valence electrons. The van der Waals surface area contributed by atoms with Gasteiger partial charge in [-0.3, -0.25) is 13.9 Å². The second-order valence-corrected chi connectivity index (χ2v) is 9.92. The number of nitrogens with one attached hydrogen (secondary N) is 1. The molecule has 9 heteroatoms. The zero-order valence-corrected chi connectivity index (χ0v) is 21.2. The fraction of sp³-hybridized carbons (Fsp3) is 0.440. The normalized spacial score (nSPS) is 12.0.